The molecule has 3 heteroatoms. The maximum absolute atomic E-state index is 2.32. The van der Waals surface area contributed by atoms with Crippen molar-refractivity contribution < 1.29 is 0 Å². The SMILES string of the molecule is CS[S+](C)SC(c1ccccc1)(c1ccccc1)c1ccccc1. The Morgan fingerprint density at radius 1 is 0.625 bits per heavy atom. The Kier molecular flexibility index (Phi) is 5.99. The molecule has 0 N–H and O–H groups in total. The quantitative estimate of drug-likeness (QED) is 0.290. The molecule has 0 heterocycles. The number of hydrogen-bond acceptors (Lipinski definition) is 2. The minimum atomic E-state index is -0.190. The molecule has 0 aliphatic carbocycles. The van der Waals surface area contributed by atoms with E-state index in [9.17, 15) is 0 Å². The predicted molar refractivity (Wildman–Crippen MR) is 114 cm³/mol. The summed E-state index contributed by atoms with van der Waals surface area (Å²) in [7, 11) is 4.15. The van der Waals surface area contributed by atoms with Crippen LogP contribution in [0.25, 0.3) is 0 Å². The molecule has 1 atom stereocenters. The molecule has 0 aliphatic heterocycles. The van der Waals surface area contributed by atoms with E-state index in [-0.39, 0.29) is 13.7 Å². The van der Waals surface area contributed by atoms with Gasteiger partial charge in [0.2, 0.25) is 0 Å². The van der Waals surface area contributed by atoms with Crippen LogP contribution in [-0.2, 0) is 13.7 Å². The van der Waals surface area contributed by atoms with Crippen LogP contribution in [0, 0.1) is 0 Å². The molecule has 3 aromatic carbocycles. The average molecular weight is 370 g/mol. The van der Waals surface area contributed by atoms with Gasteiger partial charge in [0.05, 0.1) is 0 Å². The van der Waals surface area contributed by atoms with Crippen molar-refractivity contribution in [2.75, 3.05) is 12.5 Å². The second kappa shape index (κ2) is 8.19. The van der Waals surface area contributed by atoms with Crippen molar-refractivity contribution in [2.45, 2.75) is 4.75 Å². The predicted octanol–water partition coefficient (Wildman–Crippen LogP) is 6.15. The zero-order valence-electron chi connectivity index (χ0n) is 13.9. The molecule has 0 nitrogen and oxygen atoms in total. The maximum atomic E-state index is 2.32. The summed E-state index contributed by atoms with van der Waals surface area (Å²) >= 11 is 0. The van der Waals surface area contributed by atoms with E-state index in [1.165, 1.54) is 16.7 Å². The van der Waals surface area contributed by atoms with Crippen molar-refractivity contribution >= 4 is 30.5 Å². The van der Waals surface area contributed by atoms with E-state index in [1.54, 1.807) is 0 Å². The highest BCUT2D eigenvalue weighted by Crippen LogP contribution is 2.52. The van der Waals surface area contributed by atoms with Gasteiger partial charge in [0, 0.05) is 6.26 Å². The maximum Gasteiger partial charge on any atom is 0.141 e. The van der Waals surface area contributed by atoms with Crippen LogP contribution >= 0.6 is 21.6 Å². The molecule has 3 aromatic rings. The molecule has 122 valence electrons. The van der Waals surface area contributed by atoms with Crippen molar-refractivity contribution in [3.8, 4) is 0 Å². The van der Waals surface area contributed by atoms with E-state index in [4.69, 9.17) is 0 Å². The van der Waals surface area contributed by atoms with Gasteiger partial charge in [-0.25, -0.2) is 0 Å². The minimum Gasteiger partial charge on any atom is -0.0622 e. The van der Waals surface area contributed by atoms with E-state index in [0.29, 0.717) is 0 Å². The Morgan fingerprint density at radius 2 is 0.958 bits per heavy atom. The van der Waals surface area contributed by atoms with E-state index < -0.39 is 0 Å². The van der Waals surface area contributed by atoms with Crippen LogP contribution in [0.1, 0.15) is 16.7 Å². The normalized spacial score (nSPS) is 12.8. The highest BCUT2D eigenvalue weighted by molar-refractivity contribution is 9.06. The van der Waals surface area contributed by atoms with Gasteiger partial charge in [0.1, 0.15) is 41.5 Å². The number of benzene rings is 3. The van der Waals surface area contributed by atoms with Crippen molar-refractivity contribution in [3.05, 3.63) is 108 Å². The van der Waals surface area contributed by atoms with E-state index in [0.717, 1.165) is 0 Å². The molecule has 0 amide bonds. The molecular weight excluding hydrogens is 348 g/mol. The fourth-order valence-corrected chi connectivity index (χ4v) is 7.65. The molecule has 0 fully saturated rings. The monoisotopic (exact) mass is 369 g/mol. The summed E-state index contributed by atoms with van der Waals surface area (Å²) in [5.74, 6) is 0. The zero-order valence-corrected chi connectivity index (χ0v) is 16.3. The lowest BCUT2D eigenvalue weighted by atomic mass is 9.84. The van der Waals surface area contributed by atoms with Crippen molar-refractivity contribution in [3.63, 3.8) is 0 Å². The van der Waals surface area contributed by atoms with Crippen molar-refractivity contribution in [1.82, 2.24) is 0 Å². The van der Waals surface area contributed by atoms with Crippen LogP contribution in [0.15, 0.2) is 91.0 Å². The fraction of sp³-hybridized carbons (Fsp3) is 0.143. The Balaban J connectivity index is 2.28. The van der Waals surface area contributed by atoms with Gasteiger partial charge in [-0.3, -0.25) is 0 Å². The standard InChI is InChI=1S/C21H21S3/c1-22-24(2)23-21(18-12-6-3-7-13-18,19-14-8-4-9-15-19)20-16-10-5-11-17-20/h3-17H,1-2H3/q+1. The largest absolute Gasteiger partial charge is 0.141 e. The molecular formula is C21H21S3+. The molecule has 0 bridgehead atoms. The van der Waals surface area contributed by atoms with E-state index in [1.807, 2.05) is 21.6 Å². The molecule has 3 rings (SSSR count). The van der Waals surface area contributed by atoms with Crippen molar-refractivity contribution in [1.29, 1.82) is 0 Å². The fourth-order valence-electron chi connectivity index (χ4n) is 2.87. The number of hydrogen-bond donors (Lipinski definition) is 0. The molecule has 0 radical (unpaired) electrons. The average Bonchev–Trinajstić information content (AvgIpc) is 2.68. The van der Waals surface area contributed by atoms with Crippen LogP contribution in [0.3, 0.4) is 0 Å². The first-order valence-corrected chi connectivity index (χ1v) is 12.5. The van der Waals surface area contributed by atoms with Gasteiger partial charge in [-0.1, -0.05) is 91.0 Å². The lowest BCUT2D eigenvalue weighted by molar-refractivity contribution is 0.903. The second-order valence-electron chi connectivity index (χ2n) is 5.43. The third-order valence-corrected chi connectivity index (χ3v) is 10.4. The summed E-state index contributed by atoms with van der Waals surface area (Å²) in [6.07, 6.45) is 4.51. The van der Waals surface area contributed by atoms with Crippen LogP contribution in [0.4, 0.5) is 0 Å². The molecule has 0 saturated carbocycles. The van der Waals surface area contributed by atoms with Gasteiger partial charge in [-0.05, 0) is 16.7 Å². The lowest BCUT2D eigenvalue weighted by Crippen LogP contribution is -2.26. The Hall–Kier alpha value is -1.29. The Bertz CT molecular complexity index is 645. The highest BCUT2D eigenvalue weighted by atomic mass is 33.5. The molecule has 0 spiro atoms. The topological polar surface area (TPSA) is 0 Å². The molecule has 1 unspecified atom stereocenters. The van der Waals surface area contributed by atoms with Gasteiger partial charge in [0.25, 0.3) is 0 Å². The summed E-state index contributed by atoms with van der Waals surface area (Å²) < 4.78 is -0.190. The van der Waals surface area contributed by atoms with Crippen LogP contribution < -0.4 is 0 Å². The highest BCUT2D eigenvalue weighted by Gasteiger charge is 2.44. The zero-order chi connectivity index (χ0) is 16.8. The van der Waals surface area contributed by atoms with Crippen LogP contribution in [0.2, 0.25) is 0 Å². The molecule has 24 heavy (non-hydrogen) atoms. The first-order valence-electron chi connectivity index (χ1n) is 7.84. The first kappa shape index (κ1) is 17.5. The van der Waals surface area contributed by atoms with Crippen molar-refractivity contribution in [2.24, 2.45) is 0 Å². The lowest BCUT2D eigenvalue weighted by Gasteiger charge is -2.31. The Labute approximate surface area is 155 Å². The summed E-state index contributed by atoms with van der Waals surface area (Å²) in [4.78, 5) is 0. The summed E-state index contributed by atoms with van der Waals surface area (Å²) in [6, 6.07) is 32.7. The van der Waals surface area contributed by atoms with Crippen LogP contribution in [-0.4, -0.2) is 12.5 Å². The van der Waals surface area contributed by atoms with Crippen LogP contribution in [0.5, 0.6) is 0 Å². The van der Waals surface area contributed by atoms with Gasteiger partial charge < -0.3 is 0 Å². The number of rotatable bonds is 6. The minimum absolute atomic E-state index is 0.185. The Morgan fingerprint density at radius 3 is 1.25 bits per heavy atom. The summed E-state index contributed by atoms with van der Waals surface area (Å²) in [5.41, 5.74) is 4.00. The second-order valence-corrected chi connectivity index (χ2v) is 12.5. The van der Waals surface area contributed by atoms with Gasteiger partial charge in [0.15, 0.2) is 0 Å². The third-order valence-electron chi connectivity index (χ3n) is 4.02. The van der Waals surface area contributed by atoms with E-state index >= 15 is 0 Å². The molecule has 0 aliphatic rings. The molecule has 0 saturated heterocycles. The van der Waals surface area contributed by atoms with Gasteiger partial charge >= 0.3 is 0 Å². The molecule has 0 aromatic heterocycles. The van der Waals surface area contributed by atoms with E-state index in [2.05, 4.69) is 104 Å². The first-order chi connectivity index (χ1) is 11.8. The van der Waals surface area contributed by atoms with Gasteiger partial charge in [-0.2, -0.15) is 0 Å². The summed E-state index contributed by atoms with van der Waals surface area (Å²) in [5, 5.41) is 0. The van der Waals surface area contributed by atoms with Gasteiger partial charge in [-0.15, -0.1) is 0 Å². The summed E-state index contributed by atoms with van der Waals surface area (Å²) in [6.45, 7) is 0. The third kappa shape index (κ3) is 3.53. The smallest absolute Gasteiger partial charge is 0.0622 e.